The zero-order chi connectivity index (χ0) is 34.1. The summed E-state index contributed by atoms with van der Waals surface area (Å²) in [7, 11) is 0. The van der Waals surface area contributed by atoms with E-state index < -0.39 is 0 Å². The Kier molecular flexibility index (Phi) is 6.74. The molecule has 0 aliphatic heterocycles. The standard InChI is InChI=1S/C48H34N2S/c1-48(2)42-20-12-11-19-37(42)41-29-40(33-15-7-4-8-16-33)44(30-43(41)48)50(35-24-21-32(22-25-35)31-13-5-3-6-14-31)45-28-27-39-38-26-23-34-17-9-10-18-36(34)46(38)51-47(39)49-45/h3-30H,1-2H3. The normalized spacial score (nSPS) is 13.1. The molecule has 9 aromatic rings. The number of aromatic nitrogens is 1. The van der Waals surface area contributed by atoms with Crippen LogP contribution < -0.4 is 4.90 Å². The van der Waals surface area contributed by atoms with Crippen LogP contribution in [0.15, 0.2) is 170 Å². The minimum atomic E-state index is -0.150. The first kappa shape index (κ1) is 29.8. The molecule has 7 aromatic carbocycles. The smallest absolute Gasteiger partial charge is 0.139 e. The van der Waals surface area contributed by atoms with Crippen LogP contribution >= 0.6 is 11.3 Å². The summed E-state index contributed by atoms with van der Waals surface area (Å²) in [4.78, 5) is 8.92. The first-order chi connectivity index (χ1) is 25.0. The molecule has 0 N–H and O–H groups in total. The van der Waals surface area contributed by atoms with Crippen LogP contribution in [0.2, 0.25) is 0 Å². The first-order valence-corrected chi connectivity index (χ1v) is 18.4. The fourth-order valence-corrected chi connectivity index (χ4v) is 9.30. The third-order valence-corrected chi connectivity index (χ3v) is 11.8. The summed E-state index contributed by atoms with van der Waals surface area (Å²) in [6, 6.07) is 61.7. The third-order valence-electron chi connectivity index (χ3n) is 10.7. The lowest BCUT2D eigenvalue weighted by Crippen LogP contribution is -2.17. The molecule has 3 heteroatoms. The van der Waals surface area contributed by atoms with Gasteiger partial charge < -0.3 is 0 Å². The molecule has 242 valence electrons. The van der Waals surface area contributed by atoms with E-state index in [1.54, 1.807) is 11.3 Å². The largest absolute Gasteiger partial charge is 0.294 e. The van der Waals surface area contributed by atoms with Crippen LogP contribution in [-0.4, -0.2) is 4.98 Å². The molecule has 0 saturated heterocycles. The Morgan fingerprint density at radius 3 is 1.96 bits per heavy atom. The van der Waals surface area contributed by atoms with Gasteiger partial charge in [0.15, 0.2) is 0 Å². The molecular weight excluding hydrogens is 637 g/mol. The lowest BCUT2D eigenvalue weighted by atomic mass is 9.81. The number of hydrogen-bond donors (Lipinski definition) is 0. The SMILES string of the molecule is CC1(C)c2ccccc2-c2cc(-c3ccccc3)c(N(c3ccc(-c4ccccc4)cc3)c3ccc4c(n3)sc3c5ccccc5ccc43)cc21. The number of anilines is 3. The number of thiophene rings is 1. The lowest BCUT2D eigenvalue weighted by molar-refractivity contribution is 0.660. The predicted molar refractivity (Wildman–Crippen MR) is 218 cm³/mol. The Balaban J connectivity index is 1.24. The fraction of sp³-hybridized carbons (Fsp3) is 0.0625. The van der Waals surface area contributed by atoms with Gasteiger partial charge in [-0.3, -0.25) is 4.90 Å². The predicted octanol–water partition coefficient (Wildman–Crippen LogP) is 13.7. The molecule has 1 aliphatic carbocycles. The van der Waals surface area contributed by atoms with Gasteiger partial charge in [-0.05, 0) is 86.1 Å². The highest BCUT2D eigenvalue weighted by Crippen LogP contribution is 2.53. The van der Waals surface area contributed by atoms with Crippen LogP contribution in [0, 0.1) is 0 Å². The Hall–Kier alpha value is -6.03. The number of hydrogen-bond acceptors (Lipinski definition) is 3. The maximum absolute atomic E-state index is 5.50. The van der Waals surface area contributed by atoms with Crippen molar-refractivity contribution >= 4 is 59.6 Å². The number of benzene rings is 7. The van der Waals surface area contributed by atoms with Crippen molar-refractivity contribution in [2.45, 2.75) is 19.3 Å². The summed E-state index contributed by atoms with van der Waals surface area (Å²) in [5.74, 6) is 0.899. The second kappa shape index (κ2) is 11.5. The van der Waals surface area contributed by atoms with E-state index in [1.807, 2.05) is 0 Å². The number of rotatable bonds is 5. The zero-order valence-electron chi connectivity index (χ0n) is 28.5. The van der Waals surface area contributed by atoms with E-state index in [0.717, 1.165) is 22.0 Å². The van der Waals surface area contributed by atoms with E-state index in [4.69, 9.17) is 4.98 Å². The van der Waals surface area contributed by atoms with Gasteiger partial charge in [-0.1, -0.05) is 147 Å². The van der Waals surface area contributed by atoms with E-state index >= 15 is 0 Å². The molecule has 51 heavy (non-hydrogen) atoms. The van der Waals surface area contributed by atoms with Gasteiger partial charge in [-0.15, -0.1) is 11.3 Å². The number of pyridine rings is 1. The van der Waals surface area contributed by atoms with Crippen LogP contribution in [0.5, 0.6) is 0 Å². The van der Waals surface area contributed by atoms with Crippen molar-refractivity contribution in [3.05, 3.63) is 181 Å². The molecule has 2 aromatic heterocycles. The third kappa shape index (κ3) is 4.73. The highest BCUT2D eigenvalue weighted by Gasteiger charge is 2.37. The second-order valence-corrected chi connectivity index (χ2v) is 15.0. The van der Waals surface area contributed by atoms with E-state index in [-0.39, 0.29) is 5.41 Å². The number of nitrogens with zero attached hydrogens (tertiary/aromatic N) is 2. The van der Waals surface area contributed by atoms with Crippen LogP contribution in [0.1, 0.15) is 25.0 Å². The summed E-state index contributed by atoms with van der Waals surface area (Å²) >= 11 is 1.79. The average Bonchev–Trinajstić information content (AvgIpc) is 3.67. The van der Waals surface area contributed by atoms with Crippen molar-refractivity contribution in [2.24, 2.45) is 0 Å². The van der Waals surface area contributed by atoms with Gasteiger partial charge in [0.2, 0.25) is 0 Å². The van der Waals surface area contributed by atoms with Gasteiger partial charge in [0.1, 0.15) is 10.6 Å². The molecule has 0 radical (unpaired) electrons. The van der Waals surface area contributed by atoms with Gasteiger partial charge in [-0.2, -0.15) is 0 Å². The highest BCUT2D eigenvalue weighted by atomic mass is 32.1. The average molecular weight is 671 g/mol. The minimum Gasteiger partial charge on any atom is -0.294 e. The molecule has 0 bridgehead atoms. The Labute approximate surface area is 301 Å². The summed E-state index contributed by atoms with van der Waals surface area (Å²) < 4.78 is 1.29. The summed E-state index contributed by atoms with van der Waals surface area (Å²) in [6.45, 7) is 4.71. The Morgan fingerprint density at radius 2 is 1.16 bits per heavy atom. The molecule has 0 amide bonds. The zero-order valence-corrected chi connectivity index (χ0v) is 29.3. The van der Waals surface area contributed by atoms with Gasteiger partial charge in [0.05, 0.1) is 5.69 Å². The summed E-state index contributed by atoms with van der Waals surface area (Å²) in [6.07, 6.45) is 0. The van der Waals surface area contributed by atoms with Gasteiger partial charge in [0, 0.05) is 32.1 Å². The van der Waals surface area contributed by atoms with Crippen molar-refractivity contribution in [2.75, 3.05) is 4.90 Å². The Bertz CT molecular complexity index is 2760. The summed E-state index contributed by atoms with van der Waals surface area (Å²) in [5, 5.41) is 4.98. The van der Waals surface area contributed by atoms with E-state index in [0.29, 0.717) is 0 Å². The van der Waals surface area contributed by atoms with Crippen molar-refractivity contribution in [3.63, 3.8) is 0 Å². The molecule has 0 atom stereocenters. The minimum absolute atomic E-state index is 0.150. The van der Waals surface area contributed by atoms with E-state index in [1.165, 1.54) is 70.8 Å². The van der Waals surface area contributed by atoms with Crippen molar-refractivity contribution in [3.8, 4) is 33.4 Å². The highest BCUT2D eigenvalue weighted by molar-refractivity contribution is 7.26. The molecule has 0 saturated carbocycles. The van der Waals surface area contributed by atoms with Gasteiger partial charge >= 0.3 is 0 Å². The summed E-state index contributed by atoms with van der Waals surface area (Å²) in [5.41, 5.74) is 12.1. The molecule has 0 spiro atoms. The first-order valence-electron chi connectivity index (χ1n) is 17.5. The maximum Gasteiger partial charge on any atom is 0.139 e. The topological polar surface area (TPSA) is 16.1 Å². The lowest BCUT2D eigenvalue weighted by Gasteiger charge is -2.30. The monoisotopic (exact) mass is 670 g/mol. The molecule has 2 heterocycles. The quantitative estimate of drug-likeness (QED) is 0.181. The van der Waals surface area contributed by atoms with Crippen molar-refractivity contribution < 1.29 is 0 Å². The van der Waals surface area contributed by atoms with Crippen molar-refractivity contribution in [1.29, 1.82) is 0 Å². The second-order valence-electron chi connectivity index (χ2n) is 14.0. The van der Waals surface area contributed by atoms with Crippen LogP contribution in [0.25, 0.3) is 64.5 Å². The number of fused-ring (bicyclic) bond motifs is 8. The van der Waals surface area contributed by atoms with Crippen LogP contribution in [0.4, 0.5) is 17.2 Å². The van der Waals surface area contributed by atoms with Crippen molar-refractivity contribution in [1.82, 2.24) is 4.98 Å². The molecule has 10 rings (SSSR count). The van der Waals surface area contributed by atoms with Crippen LogP contribution in [0.3, 0.4) is 0 Å². The van der Waals surface area contributed by atoms with Gasteiger partial charge in [-0.25, -0.2) is 4.98 Å². The van der Waals surface area contributed by atoms with E-state index in [9.17, 15) is 0 Å². The van der Waals surface area contributed by atoms with E-state index in [2.05, 4.69) is 189 Å². The molecule has 2 nitrogen and oxygen atoms in total. The van der Waals surface area contributed by atoms with Gasteiger partial charge in [0.25, 0.3) is 0 Å². The molecule has 0 fully saturated rings. The Morgan fingerprint density at radius 1 is 0.490 bits per heavy atom. The maximum atomic E-state index is 5.50. The molecule has 1 aliphatic rings. The molecule has 0 unspecified atom stereocenters. The van der Waals surface area contributed by atoms with Crippen LogP contribution in [-0.2, 0) is 5.41 Å². The molecular formula is C48H34N2S. The fourth-order valence-electron chi connectivity index (χ4n) is 8.10.